The Morgan fingerprint density at radius 2 is 2.07 bits per heavy atom. The van der Waals surface area contributed by atoms with Crippen molar-refractivity contribution in [1.82, 2.24) is 0 Å². The second kappa shape index (κ2) is 7.51. The number of benzene rings is 1. The summed E-state index contributed by atoms with van der Waals surface area (Å²) in [6, 6.07) is 5.15. The van der Waals surface area contributed by atoms with Crippen LogP contribution in [0.5, 0.6) is 5.75 Å². The predicted octanol–water partition coefficient (Wildman–Crippen LogP) is 0.135. The van der Waals surface area contributed by atoms with Gasteiger partial charge in [-0.3, -0.25) is 4.79 Å². The van der Waals surface area contributed by atoms with Crippen molar-refractivity contribution in [2.75, 3.05) is 23.5 Å². The van der Waals surface area contributed by atoms with Crippen LogP contribution in [0.25, 0.3) is 0 Å². The number of amides is 1. The van der Waals surface area contributed by atoms with Gasteiger partial charge in [0.25, 0.3) is 0 Å². The van der Waals surface area contributed by atoms with E-state index in [9.17, 15) is 23.1 Å². The van der Waals surface area contributed by atoms with Gasteiger partial charge in [0, 0.05) is 17.6 Å². The summed E-state index contributed by atoms with van der Waals surface area (Å²) in [5.74, 6) is -1.38. The Morgan fingerprint density at radius 1 is 1.33 bits per heavy atom. The third-order valence-electron chi connectivity index (χ3n) is 4.42. The number of thioether (sulfide) groups is 1. The predicted molar refractivity (Wildman–Crippen MR) is 101 cm³/mol. The fraction of sp³-hybridized carbons (Fsp3) is 0.471. The maximum atomic E-state index is 12.1. The molecule has 1 aromatic carbocycles. The molecule has 0 unspecified atom stereocenters. The molecule has 2 saturated heterocycles. The molecule has 2 fully saturated rings. The van der Waals surface area contributed by atoms with Crippen LogP contribution in [0.1, 0.15) is 18.4 Å². The number of aliphatic carboxylic acids is 1. The number of hydrogen-bond acceptors (Lipinski definition) is 7. The molecular formula is C17H19N2O6S2-. The number of ether oxygens (including phenoxy) is 1. The molecule has 3 rings (SSSR count). The Hall–Kier alpha value is -2.07. The largest absolute Gasteiger partial charge is 0.550 e. The molecule has 0 aliphatic carbocycles. The van der Waals surface area contributed by atoms with Gasteiger partial charge in [0.15, 0.2) is 15.0 Å². The minimum absolute atomic E-state index is 0.0131. The zero-order valence-corrected chi connectivity index (χ0v) is 16.5. The van der Waals surface area contributed by atoms with Crippen molar-refractivity contribution < 1.29 is 27.9 Å². The first-order valence-corrected chi connectivity index (χ1v) is 11.0. The lowest BCUT2D eigenvalue weighted by molar-refractivity contribution is -0.305. The molecule has 0 spiro atoms. The number of carboxylic acid groups (broad SMARTS) is 1. The maximum Gasteiger partial charge on any atom is 0.248 e. The van der Waals surface area contributed by atoms with E-state index in [2.05, 4.69) is 4.99 Å². The number of aryl methyl sites for hydroxylation is 1. The number of carbonyl (C=O) groups is 2. The lowest BCUT2D eigenvalue weighted by Gasteiger charge is -2.26. The van der Waals surface area contributed by atoms with E-state index in [4.69, 9.17) is 4.74 Å². The molecule has 2 aliphatic heterocycles. The van der Waals surface area contributed by atoms with Crippen LogP contribution >= 0.6 is 11.8 Å². The van der Waals surface area contributed by atoms with Crippen LogP contribution in [0.2, 0.25) is 0 Å². The van der Waals surface area contributed by atoms with Crippen LogP contribution in [-0.4, -0.2) is 55.4 Å². The lowest BCUT2D eigenvalue weighted by Crippen LogP contribution is -2.38. The molecule has 2 heterocycles. The van der Waals surface area contributed by atoms with Crippen molar-refractivity contribution in [3.63, 3.8) is 0 Å². The Labute approximate surface area is 161 Å². The summed E-state index contributed by atoms with van der Waals surface area (Å²) in [5.41, 5.74) is 1.59. The number of methoxy groups -OCH3 is 1. The number of nitrogens with zero attached hydrogens (tertiary/aromatic N) is 2. The van der Waals surface area contributed by atoms with E-state index in [0.717, 1.165) is 5.56 Å². The van der Waals surface area contributed by atoms with Crippen LogP contribution in [0.15, 0.2) is 23.2 Å². The topological polar surface area (TPSA) is 116 Å². The van der Waals surface area contributed by atoms with Gasteiger partial charge in [0.05, 0.1) is 30.3 Å². The van der Waals surface area contributed by atoms with Crippen molar-refractivity contribution in [3.8, 4) is 5.75 Å². The van der Waals surface area contributed by atoms with Gasteiger partial charge < -0.3 is 19.5 Å². The van der Waals surface area contributed by atoms with Crippen LogP contribution in [-0.2, 0) is 19.4 Å². The number of anilines is 1. The van der Waals surface area contributed by atoms with E-state index < -0.39 is 28.1 Å². The smallest absolute Gasteiger partial charge is 0.248 e. The highest BCUT2D eigenvalue weighted by molar-refractivity contribution is 8.16. The van der Waals surface area contributed by atoms with E-state index in [-0.39, 0.29) is 29.2 Å². The Balaban J connectivity index is 2.00. The number of rotatable bonds is 5. The molecule has 0 radical (unpaired) electrons. The van der Waals surface area contributed by atoms with Crippen LogP contribution in [0.4, 0.5) is 5.69 Å². The van der Waals surface area contributed by atoms with Crippen molar-refractivity contribution in [2.24, 2.45) is 4.99 Å². The number of fused-ring (bicyclic) bond motifs is 1. The highest BCUT2D eigenvalue weighted by atomic mass is 32.2. The fourth-order valence-electron chi connectivity index (χ4n) is 3.21. The minimum Gasteiger partial charge on any atom is -0.550 e. The van der Waals surface area contributed by atoms with Crippen LogP contribution < -0.4 is 14.7 Å². The standard InChI is InChI=1S/C17H20N2O6S2/c1-10-3-4-13(25-2)11(7-10)19-12-8-27(23,24)9-14(12)26-17(19)18-15(20)5-6-16(21)22/h3-4,7,12,14H,5-6,8-9H2,1-2H3,(H,21,22)/p-1/t12-,14-/m1/s1. The summed E-state index contributed by atoms with van der Waals surface area (Å²) >= 11 is 1.23. The average molecular weight is 411 g/mol. The van der Waals surface area contributed by atoms with Gasteiger partial charge in [-0.15, -0.1) is 0 Å². The Bertz CT molecular complexity index is 912. The number of hydrogen-bond donors (Lipinski definition) is 0. The summed E-state index contributed by atoms with van der Waals surface area (Å²) in [6.07, 6.45) is -0.673. The highest BCUT2D eigenvalue weighted by Gasteiger charge is 2.50. The molecule has 0 saturated carbocycles. The molecule has 27 heavy (non-hydrogen) atoms. The lowest BCUT2D eigenvalue weighted by atomic mass is 10.1. The van der Waals surface area contributed by atoms with Gasteiger partial charge in [-0.1, -0.05) is 17.8 Å². The molecule has 1 amide bonds. The molecule has 146 valence electrons. The number of carbonyl (C=O) groups excluding carboxylic acids is 2. The number of amidine groups is 1. The van der Waals surface area contributed by atoms with E-state index in [0.29, 0.717) is 16.6 Å². The molecule has 0 N–H and O–H groups in total. The maximum absolute atomic E-state index is 12.1. The fourth-order valence-corrected chi connectivity index (χ4v) is 7.13. The van der Waals surface area contributed by atoms with E-state index in [1.54, 1.807) is 11.0 Å². The molecule has 0 bridgehead atoms. The van der Waals surface area contributed by atoms with E-state index >= 15 is 0 Å². The second-order valence-corrected chi connectivity index (χ2v) is 9.87. The van der Waals surface area contributed by atoms with Crippen molar-refractivity contribution in [1.29, 1.82) is 0 Å². The first kappa shape index (κ1) is 19.7. The van der Waals surface area contributed by atoms with Gasteiger partial charge in [-0.2, -0.15) is 4.99 Å². The third-order valence-corrected chi connectivity index (χ3v) is 7.63. The zero-order valence-electron chi connectivity index (χ0n) is 14.9. The number of carboxylic acids is 1. The van der Waals surface area contributed by atoms with Crippen LogP contribution in [0.3, 0.4) is 0 Å². The molecule has 1 aromatic rings. The van der Waals surface area contributed by atoms with Gasteiger partial charge in [-0.05, 0) is 31.0 Å². The van der Waals surface area contributed by atoms with Gasteiger partial charge in [0.2, 0.25) is 5.91 Å². The molecule has 2 aliphatic rings. The second-order valence-electron chi connectivity index (χ2n) is 6.51. The number of aliphatic imine (C=N–C) groups is 1. The summed E-state index contributed by atoms with van der Waals surface area (Å²) in [4.78, 5) is 28.5. The SMILES string of the molecule is COc1ccc(C)cc1N1C(=NC(=O)CCC(=O)[O-])S[C@@H]2CS(=O)(=O)C[C@H]21. The summed E-state index contributed by atoms with van der Waals surface area (Å²) in [5, 5.41) is 10.7. The molecule has 8 nitrogen and oxygen atoms in total. The van der Waals surface area contributed by atoms with Crippen LogP contribution in [0, 0.1) is 6.92 Å². The summed E-state index contributed by atoms with van der Waals surface area (Å²) in [6.45, 7) is 1.90. The number of sulfone groups is 1. The first-order valence-electron chi connectivity index (χ1n) is 8.32. The normalized spacial score (nSPS) is 24.8. The van der Waals surface area contributed by atoms with Crippen molar-refractivity contribution in [3.05, 3.63) is 23.8 Å². The average Bonchev–Trinajstić information content (AvgIpc) is 3.03. The highest BCUT2D eigenvalue weighted by Crippen LogP contribution is 2.44. The van der Waals surface area contributed by atoms with Gasteiger partial charge in [0.1, 0.15) is 5.75 Å². The Kier molecular flexibility index (Phi) is 5.48. The first-order chi connectivity index (χ1) is 12.7. The molecule has 2 atom stereocenters. The van der Waals surface area contributed by atoms with Gasteiger partial charge >= 0.3 is 0 Å². The van der Waals surface area contributed by atoms with E-state index in [1.165, 1.54) is 18.9 Å². The van der Waals surface area contributed by atoms with Crippen molar-refractivity contribution >= 4 is 44.3 Å². The summed E-state index contributed by atoms with van der Waals surface area (Å²) < 4.78 is 29.6. The quantitative estimate of drug-likeness (QED) is 0.672. The van der Waals surface area contributed by atoms with E-state index in [1.807, 2.05) is 19.1 Å². The molecule has 10 heteroatoms. The minimum atomic E-state index is -3.18. The van der Waals surface area contributed by atoms with Crippen molar-refractivity contribution in [2.45, 2.75) is 31.1 Å². The Morgan fingerprint density at radius 3 is 2.74 bits per heavy atom. The molecule has 0 aromatic heterocycles. The monoisotopic (exact) mass is 411 g/mol. The third kappa shape index (κ3) is 4.27. The zero-order chi connectivity index (χ0) is 19.8. The van der Waals surface area contributed by atoms with Gasteiger partial charge in [-0.25, -0.2) is 8.42 Å². The summed E-state index contributed by atoms with van der Waals surface area (Å²) in [7, 11) is -1.66. The molecular weight excluding hydrogens is 392 g/mol.